The molecular formula is C20H19NO4S. The molecule has 0 spiro atoms. The van der Waals surface area contributed by atoms with Crippen LogP contribution in [-0.2, 0) is 4.74 Å². The van der Waals surface area contributed by atoms with E-state index < -0.39 is 5.97 Å². The number of hydrogen-bond acceptors (Lipinski definition) is 6. The standard InChI is InChI=1S/C20H19NO4S/c1-4-24-20(22)17-18(14-6-5-7-15(12-14)23-2)25-19(21-17)13-8-10-16(26-3)11-9-13/h5-12H,4H2,1-3H3. The van der Waals surface area contributed by atoms with Crippen LogP contribution in [-0.4, -0.2) is 30.9 Å². The minimum Gasteiger partial charge on any atom is -0.497 e. The lowest BCUT2D eigenvalue weighted by Gasteiger charge is -2.03. The van der Waals surface area contributed by atoms with Gasteiger partial charge in [-0.1, -0.05) is 12.1 Å². The van der Waals surface area contributed by atoms with Gasteiger partial charge in [-0.15, -0.1) is 11.8 Å². The van der Waals surface area contributed by atoms with Crippen molar-refractivity contribution in [1.82, 2.24) is 4.98 Å². The Hall–Kier alpha value is -2.73. The maximum Gasteiger partial charge on any atom is 0.361 e. The summed E-state index contributed by atoms with van der Waals surface area (Å²) >= 11 is 1.65. The predicted molar refractivity (Wildman–Crippen MR) is 102 cm³/mol. The molecule has 0 amide bonds. The van der Waals surface area contributed by atoms with E-state index >= 15 is 0 Å². The number of esters is 1. The van der Waals surface area contributed by atoms with Gasteiger partial charge in [0.15, 0.2) is 11.5 Å². The SMILES string of the molecule is CCOC(=O)c1nc(-c2ccc(SC)cc2)oc1-c1cccc(OC)c1. The average molecular weight is 369 g/mol. The zero-order valence-corrected chi connectivity index (χ0v) is 15.6. The molecule has 0 fully saturated rings. The fraction of sp³-hybridized carbons (Fsp3) is 0.200. The second kappa shape index (κ2) is 8.10. The number of oxazole rings is 1. The molecule has 134 valence electrons. The third-order valence-electron chi connectivity index (χ3n) is 3.76. The number of ether oxygens (including phenoxy) is 2. The van der Waals surface area contributed by atoms with Gasteiger partial charge in [0.05, 0.1) is 13.7 Å². The van der Waals surface area contributed by atoms with Crippen LogP contribution in [0.25, 0.3) is 22.8 Å². The quantitative estimate of drug-likeness (QED) is 0.454. The fourth-order valence-electron chi connectivity index (χ4n) is 2.47. The Morgan fingerprint density at radius 1 is 1.15 bits per heavy atom. The van der Waals surface area contributed by atoms with Crippen LogP contribution in [0.4, 0.5) is 0 Å². The molecule has 0 aliphatic carbocycles. The van der Waals surface area contributed by atoms with Crippen LogP contribution in [0.2, 0.25) is 0 Å². The van der Waals surface area contributed by atoms with Gasteiger partial charge in [-0.25, -0.2) is 9.78 Å². The molecule has 2 aromatic carbocycles. The van der Waals surface area contributed by atoms with E-state index in [0.717, 1.165) is 10.5 Å². The molecule has 0 atom stereocenters. The lowest BCUT2D eigenvalue weighted by molar-refractivity contribution is 0.0520. The number of nitrogens with zero attached hydrogens (tertiary/aromatic N) is 1. The first-order valence-corrected chi connectivity index (χ1v) is 9.35. The molecule has 1 heterocycles. The summed E-state index contributed by atoms with van der Waals surface area (Å²) in [6, 6.07) is 15.1. The number of rotatable bonds is 6. The Kier molecular flexibility index (Phi) is 5.63. The van der Waals surface area contributed by atoms with Crippen molar-refractivity contribution in [1.29, 1.82) is 0 Å². The van der Waals surface area contributed by atoms with Crippen LogP contribution < -0.4 is 4.74 Å². The molecule has 0 N–H and O–H groups in total. The van der Waals surface area contributed by atoms with E-state index in [0.29, 0.717) is 23.0 Å². The predicted octanol–water partition coefficient (Wildman–Crippen LogP) is 4.92. The summed E-state index contributed by atoms with van der Waals surface area (Å²) in [7, 11) is 1.59. The highest BCUT2D eigenvalue weighted by atomic mass is 32.2. The van der Waals surface area contributed by atoms with Crippen LogP contribution in [0.3, 0.4) is 0 Å². The summed E-state index contributed by atoms with van der Waals surface area (Å²) in [5, 5.41) is 0. The molecule has 0 saturated heterocycles. The molecule has 0 saturated carbocycles. The molecule has 0 unspecified atom stereocenters. The highest BCUT2D eigenvalue weighted by Crippen LogP contribution is 2.32. The molecule has 0 aliphatic heterocycles. The first kappa shape index (κ1) is 18.1. The normalized spacial score (nSPS) is 10.6. The minimum atomic E-state index is -0.513. The van der Waals surface area contributed by atoms with Crippen molar-refractivity contribution in [3.05, 3.63) is 54.2 Å². The van der Waals surface area contributed by atoms with Gasteiger partial charge in [-0.2, -0.15) is 0 Å². The summed E-state index contributed by atoms with van der Waals surface area (Å²) in [6.07, 6.45) is 2.01. The molecule has 0 aliphatic rings. The van der Waals surface area contributed by atoms with Crippen molar-refractivity contribution in [3.63, 3.8) is 0 Å². The van der Waals surface area contributed by atoms with E-state index in [1.54, 1.807) is 31.9 Å². The van der Waals surface area contributed by atoms with Crippen LogP contribution in [0.5, 0.6) is 5.75 Å². The van der Waals surface area contributed by atoms with Gasteiger partial charge in [0.1, 0.15) is 5.75 Å². The molecule has 3 rings (SSSR count). The van der Waals surface area contributed by atoms with Gasteiger partial charge >= 0.3 is 5.97 Å². The first-order valence-electron chi connectivity index (χ1n) is 8.13. The van der Waals surface area contributed by atoms with Gasteiger partial charge in [0, 0.05) is 16.0 Å². The maximum atomic E-state index is 12.4. The number of benzene rings is 2. The van der Waals surface area contributed by atoms with Crippen LogP contribution in [0, 0.1) is 0 Å². The Balaban J connectivity index is 2.08. The summed E-state index contributed by atoms with van der Waals surface area (Å²) in [5.74, 6) is 0.894. The zero-order chi connectivity index (χ0) is 18.5. The fourth-order valence-corrected chi connectivity index (χ4v) is 2.88. The third-order valence-corrected chi connectivity index (χ3v) is 4.51. The van der Waals surface area contributed by atoms with E-state index in [1.165, 1.54) is 0 Å². The number of methoxy groups -OCH3 is 1. The summed E-state index contributed by atoms with van der Waals surface area (Å²) in [6.45, 7) is 2.02. The third kappa shape index (κ3) is 3.75. The highest BCUT2D eigenvalue weighted by Gasteiger charge is 2.23. The van der Waals surface area contributed by atoms with Gasteiger partial charge in [0.2, 0.25) is 5.89 Å². The number of thioether (sulfide) groups is 1. The van der Waals surface area contributed by atoms with E-state index in [9.17, 15) is 4.79 Å². The van der Waals surface area contributed by atoms with Crippen molar-refractivity contribution in [2.75, 3.05) is 20.0 Å². The number of carbonyl (C=O) groups excluding carboxylic acids is 1. The van der Waals surface area contributed by atoms with Crippen molar-refractivity contribution in [3.8, 4) is 28.5 Å². The Morgan fingerprint density at radius 2 is 1.92 bits per heavy atom. The van der Waals surface area contributed by atoms with Gasteiger partial charge in [0.25, 0.3) is 0 Å². The molecule has 3 aromatic rings. The van der Waals surface area contributed by atoms with Gasteiger partial charge < -0.3 is 13.9 Å². The van der Waals surface area contributed by atoms with Gasteiger partial charge in [-0.3, -0.25) is 0 Å². The lowest BCUT2D eigenvalue weighted by atomic mass is 10.1. The van der Waals surface area contributed by atoms with Crippen molar-refractivity contribution in [2.45, 2.75) is 11.8 Å². The van der Waals surface area contributed by atoms with Crippen molar-refractivity contribution in [2.24, 2.45) is 0 Å². The van der Waals surface area contributed by atoms with E-state index in [4.69, 9.17) is 13.9 Å². The second-order valence-electron chi connectivity index (χ2n) is 5.38. The topological polar surface area (TPSA) is 61.6 Å². The molecule has 6 heteroatoms. The monoisotopic (exact) mass is 369 g/mol. The summed E-state index contributed by atoms with van der Waals surface area (Å²) in [4.78, 5) is 17.9. The summed E-state index contributed by atoms with van der Waals surface area (Å²) in [5.41, 5.74) is 1.65. The number of aromatic nitrogens is 1. The highest BCUT2D eigenvalue weighted by molar-refractivity contribution is 7.98. The molecular weight excluding hydrogens is 350 g/mol. The molecule has 1 aromatic heterocycles. The molecule has 26 heavy (non-hydrogen) atoms. The van der Waals surface area contributed by atoms with Crippen LogP contribution in [0.1, 0.15) is 17.4 Å². The Morgan fingerprint density at radius 3 is 2.58 bits per heavy atom. The molecule has 0 radical (unpaired) electrons. The van der Waals surface area contributed by atoms with Crippen molar-refractivity contribution >= 4 is 17.7 Å². The minimum absolute atomic E-state index is 0.157. The lowest BCUT2D eigenvalue weighted by Crippen LogP contribution is -2.06. The Bertz CT molecular complexity index is 902. The van der Waals surface area contributed by atoms with E-state index in [-0.39, 0.29) is 12.3 Å². The van der Waals surface area contributed by atoms with Crippen molar-refractivity contribution < 1.29 is 18.7 Å². The smallest absolute Gasteiger partial charge is 0.361 e. The molecule has 0 bridgehead atoms. The second-order valence-corrected chi connectivity index (χ2v) is 6.26. The van der Waals surface area contributed by atoms with Crippen LogP contribution >= 0.6 is 11.8 Å². The molecule has 5 nitrogen and oxygen atoms in total. The Labute approximate surface area is 156 Å². The van der Waals surface area contributed by atoms with E-state index in [1.807, 2.05) is 48.7 Å². The average Bonchev–Trinajstić information content (AvgIpc) is 3.14. The zero-order valence-electron chi connectivity index (χ0n) is 14.8. The van der Waals surface area contributed by atoms with Crippen LogP contribution in [0.15, 0.2) is 57.8 Å². The number of hydrogen-bond donors (Lipinski definition) is 0. The first-order chi connectivity index (χ1) is 12.7. The largest absolute Gasteiger partial charge is 0.497 e. The van der Waals surface area contributed by atoms with Gasteiger partial charge in [-0.05, 0) is 49.6 Å². The number of carbonyl (C=O) groups is 1. The van der Waals surface area contributed by atoms with E-state index in [2.05, 4.69) is 4.98 Å². The maximum absolute atomic E-state index is 12.4. The summed E-state index contributed by atoms with van der Waals surface area (Å²) < 4.78 is 16.4.